The molecule has 0 heterocycles. The standard InChI is InChI=1S/2C21H34O4.3C20H30O2.C10H20O2/c1-5-7-19(3,6-2)17(22)25-14-20-9-15-8-16(10-20)12-21(11-15,13-20)18(23)24-4;1-5-7-19(4,6-2)18(23)24-14-20-9-16-8-17(10-20)12-21(11-16,13-20)25-15(3)22;3*1-4-14-19(3,5-2)18(21)22-20(15-10-7-11-16-20)17-12-8-6-9-13-17;1-5-8-10(4,6-2)9(11)12-7-3/h15-16H,5-14H2,1-4H3;16-17H,5-14H2,1-4H3;3*6,8-9,12-13H,4-5,7,10-11,14-16H2,1-3H3;5-8H2,1-4H3. The number of carbonyl (C=O) groups is 8. The number of ether oxygens (including phenoxy) is 8. The van der Waals surface area contributed by atoms with Crippen LogP contribution in [0.1, 0.15) is 444 Å². The van der Waals surface area contributed by atoms with Crippen molar-refractivity contribution in [1.82, 2.24) is 0 Å². The van der Waals surface area contributed by atoms with Crippen molar-refractivity contribution in [3.05, 3.63) is 108 Å². The van der Waals surface area contributed by atoms with Crippen molar-refractivity contribution in [3.8, 4) is 0 Å². The third kappa shape index (κ3) is 27.6. The fourth-order valence-corrected chi connectivity index (χ4v) is 24.8. The molecule has 0 N–H and O–H groups in total. The minimum absolute atomic E-state index is 0.00516. The van der Waals surface area contributed by atoms with Crippen molar-refractivity contribution in [2.24, 2.45) is 72.4 Å². The fraction of sp³-hybridized carbons (Fsp3) is 0.768. The molecule has 10 atom stereocenters. The molecule has 0 radical (unpaired) electrons. The molecule has 11 aliphatic rings. The second-order valence-corrected chi connectivity index (χ2v) is 43.3. The monoisotopic (exact) mass is 1780 g/mol. The van der Waals surface area contributed by atoms with E-state index < -0.39 is 16.8 Å². The zero-order chi connectivity index (χ0) is 94.4. The van der Waals surface area contributed by atoms with Crippen molar-refractivity contribution in [1.29, 1.82) is 0 Å². The second-order valence-electron chi connectivity index (χ2n) is 43.3. The maximum absolute atomic E-state index is 12.9. The first-order valence-electron chi connectivity index (χ1n) is 51.5. The minimum Gasteiger partial charge on any atom is -0.469 e. The van der Waals surface area contributed by atoms with Crippen LogP contribution in [0.2, 0.25) is 0 Å². The first-order chi connectivity index (χ1) is 60.8. The molecule has 0 spiro atoms. The van der Waals surface area contributed by atoms with Crippen LogP contribution in [0.4, 0.5) is 0 Å². The Hall–Kier alpha value is -6.58. The second kappa shape index (κ2) is 48.9. The average molecular weight is 1780 g/mol. The Morgan fingerprint density at radius 3 is 0.828 bits per heavy atom. The summed E-state index contributed by atoms with van der Waals surface area (Å²) in [5.74, 6) is 2.02. The molecular formula is C112H178O16. The summed E-state index contributed by atoms with van der Waals surface area (Å²) in [7, 11) is 1.51. The van der Waals surface area contributed by atoms with Crippen molar-refractivity contribution in [3.63, 3.8) is 0 Å². The smallest absolute Gasteiger partial charge is 0.312 e. The van der Waals surface area contributed by atoms with Gasteiger partial charge in [-0.1, -0.05) is 232 Å². The van der Waals surface area contributed by atoms with Crippen LogP contribution in [-0.4, -0.2) is 80.3 Å². The van der Waals surface area contributed by atoms with E-state index in [4.69, 9.17) is 37.9 Å². The molecule has 3 aromatic rings. The lowest BCUT2D eigenvalue weighted by atomic mass is 9.44. The van der Waals surface area contributed by atoms with E-state index in [1.807, 2.05) is 89.2 Å². The van der Waals surface area contributed by atoms with Gasteiger partial charge in [-0.2, -0.15) is 0 Å². The van der Waals surface area contributed by atoms with E-state index in [1.54, 1.807) is 0 Å². The van der Waals surface area contributed by atoms with E-state index in [-0.39, 0.29) is 102 Å². The third-order valence-corrected chi connectivity index (χ3v) is 32.8. The molecule has 14 rings (SSSR count). The van der Waals surface area contributed by atoms with E-state index >= 15 is 0 Å². The normalized spacial score (nSPS) is 26.8. The largest absolute Gasteiger partial charge is 0.469 e. The number of hydrogen-bond donors (Lipinski definition) is 0. The summed E-state index contributed by atoms with van der Waals surface area (Å²) >= 11 is 0. The lowest BCUT2D eigenvalue weighted by Crippen LogP contribution is -2.58. The van der Waals surface area contributed by atoms with Crippen LogP contribution in [0, 0.1) is 72.4 Å². The van der Waals surface area contributed by atoms with Gasteiger partial charge in [0.15, 0.2) is 0 Å². The summed E-state index contributed by atoms with van der Waals surface area (Å²) < 4.78 is 46.5. The van der Waals surface area contributed by atoms with Gasteiger partial charge in [0.05, 0.1) is 64.8 Å². The van der Waals surface area contributed by atoms with Gasteiger partial charge in [0.25, 0.3) is 0 Å². The molecule has 0 saturated heterocycles. The maximum atomic E-state index is 12.9. The average Bonchev–Trinajstić information content (AvgIpc) is 0.729. The molecule has 128 heavy (non-hydrogen) atoms. The van der Waals surface area contributed by atoms with Crippen LogP contribution in [0.3, 0.4) is 0 Å². The van der Waals surface area contributed by atoms with E-state index in [1.165, 1.54) is 46.1 Å². The predicted molar refractivity (Wildman–Crippen MR) is 513 cm³/mol. The molecular weight excluding hydrogens is 1600 g/mol. The minimum atomic E-state index is -0.402. The van der Waals surface area contributed by atoms with Crippen molar-refractivity contribution >= 4 is 47.8 Å². The summed E-state index contributed by atoms with van der Waals surface area (Å²) in [6, 6.07) is 31.0. The zero-order valence-electron chi connectivity index (χ0n) is 84.4. The Balaban J connectivity index is 0.000000213. The highest BCUT2D eigenvalue weighted by Gasteiger charge is 2.63. The number of rotatable bonds is 37. The molecule has 16 heteroatoms. The lowest BCUT2D eigenvalue weighted by molar-refractivity contribution is -0.210. The van der Waals surface area contributed by atoms with Gasteiger partial charge in [0.1, 0.15) is 22.4 Å². The molecule has 8 bridgehead atoms. The summed E-state index contributed by atoms with van der Waals surface area (Å²) in [6.07, 6.45) is 45.2. The molecule has 11 saturated carbocycles. The molecule has 11 aliphatic carbocycles. The van der Waals surface area contributed by atoms with Crippen LogP contribution in [-0.2, 0) is 93.1 Å². The van der Waals surface area contributed by atoms with Crippen LogP contribution in [0.5, 0.6) is 0 Å². The van der Waals surface area contributed by atoms with Crippen LogP contribution in [0.15, 0.2) is 91.0 Å². The number of esters is 8. The summed E-state index contributed by atoms with van der Waals surface area (Å²) in [4.78, 5) is 99.8. The summed E-state index contributed by atoms with van der Waals surface area (Å²) in [6.45, 7) is 42.2. The van der Waals surface area contributed by atoms with E-state index in [0.717, 1.165) is 274 Å². The Morgan fingerprint density at radius 2 is 0.578 bits per heavy atom. The van der Waals surface area contributed by atoms with E-state index in [9.17, 15) is 38.4 Å². The number of methoxy groups -OCH3 is 1. The predicted octanol–water partition coefficient (Wildman–Crippen LogP) is 28.7. The molecule has 10 unspecified atom stereocenters. The first-order valence-corrected chi connectivity index (χ1v) is 51.5. The van der Waals surface area contributed by atoms with Crippen LogP contribution >= 0.6 is 0 Å². The Labute approximate surface area is 776 Å². The van der Waals surface area contributed by atoms with Gasteiger partial charge in [-0.25, -0.2) is 0 Å². The van der Waals surface area contributed by atoms with E-state index in [2.05, 4.69) is 133 Å². The molecule has 16 nitrogen and oxygen atoms in total. The Bertz CT molecular complexity index is 3660. The third-order valence-electron chi connectivity index (χ3n) is 32.8. The highest BCUT2D eigenvalue weighted by atomic mass is 16.6. The molecule has 0 aliphatic heterocycles. The molecule has 722 valence electrons. The molecule has 11 fully saturated rings. The Kier molecular flexibility index (Phi) is 41.4. The fourth-order valence-electron chi connectivity index (χ4n) is 24.8. The van der Waals surface area contributed by atoms with Gasteiger partial charge < -0.3 is 37.9 Å². The summed E-state index contributed by atoms with van der Waals surface area (Å²) in [5.41, 5.74) is -0.369. The van der Waals surface area contributed by atoms with Gasteiger partial charge in [0, 0.05) is 17.8 Å². The number of carbonyl (C=O) groups excluding carboxylic acids is 8. The number of hydrogen-bond acceptors (Lipinski definition) is 16. The van der Waals surface area contributed by atoms with E-state index in [0.29, 0.717) is 43.5 Å². The summed E-state index contributed by atoms with van der Waals surface area (Å²) in [5, 5.41) is 0. The van der Waals surface area contributed by atoms with Crippen molar-refractivity contribution in [2.45, 2.75) is 450 Å². The van der Waals surface area contributed by atoms with Gasteiger partial charge in [-0.15, -0.1) is 0 Å². The SMILES string of the molecule is CCCC(C)(CC)C(=O)OC1(c2ccccc2)CCCCC1.CCCC(C)(CC)C(=O)OC1(c2ccccc2)CCCCC1.CCCC(C)(CC)C(=O)OC1(c2ccccc2)CCCCC1.CCCC(C)(CC)C(=O)OCC.CCCC(C)(CC)C(=O)OCC12CC3CC(C1)CC(C(=O)OC)(C3)C2.CCCC(C)(CC)C(=O)OCC12CC3CC(C1)CC(OC(C)=O)(C3)C2. The quantitative estimate of drug-likeness (QED) is 0.0388. The van der Waals surface area contributed by atoms with Crippen LogP contribution < -0.4 is 0 Å². The highest BCUT2D eigenvalue weighted by molar-refractivity contribution is 5.80. The van der Waals surface area contributed by atoms with Crippen LogP contribution in [0.25, 0.3) is 0 Å². The zero-order valence-corrected chi connectivity index (χ0v) is 84.4. The maximum Gasteiger partial charge on any atom is 0.312 e. The van der Waals surface area contributed by atoms with Gasteiger partial charge in [-0.3, -0.25) is 38.4 Å². The number of benzene rings is 3. The van der Waals surface area contributed by atoms with Gasteiger partial charge in [0.2, 0.25) is 0 Å². The molecule has 3 aromatic carbocycles. The molecule has 0 amide bonds. The lowest BCUT2D eigenvalue weighted by Gasteiger charge is -2.60. The van der Waals surface area contributed by atoms with Crippen molar-refractivity contribution < 1.29 is 76.3 Å². The Morgan fingerprint density at radius 1 is 0.320 bits per heavy atom. The van der Waals surface area contributed by atoms with Gasteiger partial charge in [-0.05, 0) is 320 Å². The highest BCUT2D eigenvalue weighted by Crippen LogP contribution is 2.67. The topological polar surface area (TPSA) is 210 Å². The first kappa shape index (κ1) is 108. The molecule has 0 aromatic heterocycles. The van der Waals surface area contributed by atoms with Gasteiger partial charge >= 0.3 is 47.8 Å². The van der Waals surface area contributed by atoms with Crippen molar-refractivity contribution in [2.75, 3.05) is 26.9 Å².